The number of aryl methyl sites for hydroxylation is 1. The Morgan fingerprint density at radius 1 is 1.19 bits per heavy atom. The van der Waals surface area contributed by atoms with E-state index in [9.17, 15) is 14.4 Å². The molecule has 0 fully saturated rings. The van der Waals surface area contributed by atoms with Gasteiger partial charge in [-0.3, -0.25) is 19.4 Å². The third-order valence-corrected chi connectivity index (χ3v) is 5.12. The summed E-state index contributed by atoms with van der Waals surface area (Å²) in [7, 11) is 1.52. The van der Waals surface area contributed by atoms with E-state index in [0.29, 0.717) is 41.9 Å². The average molecular weight is 426 g/mol. The standard InChI is InChI=1S/C23H31N5O3/c1-5-9-21(31)26-18-11-8-10-16(12-18)23(15-29,27-22(24)25-4)17-13-19(20(30)6-2)28(7-3)14-17/h8,10-15H,5-7,9H2,1-4H3,(H,26,31)(H3,24,25,27). The highest BCUT2D eigenvalue weighted by Crippen LogP contribution is 2.31. The van der Waals surface area contributed by atoms with Gasteiger partial charge in [0, 0.05) is 43.9 Å². The molecule has 1 atom stereocenters. The molecule has 8 nitrogen and oxygen atoms in total. The van der Waals surface area contributed by atoms with E-state index in [1.165, 1.54) is 7.05 Å². The number of aldehydes is 1. The van der Waals surface area contributed by atoms with Crippen LogP contribution in [0.25, 0.3) is 0 Å². The molecule has 2 rings (SSSR count). The molecular formula is C23H31N5O3. The lowest BCUT2D eigenvalue weighted by Gasteiger charge is -2.30. The van der Waals surface area contributed by atoms with Crippen molar-refractivity contribution in [3.05, 3.63) is 53.3 Å². The van der Waals surface area contributed by atoms with Crippen LogP contribution in [0.15, 0.2) is 41.5 Å². The van der Waals surface area contributed by atoms with Crippen molar-refractivity contribution in [2.45, 2.75) is 52.1 Å². The number of carbonyl (C=O) groups excluding carboxylic acids is 3. The van der Waals surface area contributed by atoms with Crippen molar-refractivity contribution in [2.24, 2.45) is 10.7 Å². The fraction of sp³-hybridized carbons (Fsp3) is 0.391. The van der Waals surface area contributed by atoms with E-state index in [2.05, 4.69) is 15.6 Å². The fourth-order valence-corrected chi connectivity index (χ4v) is 3.43. The summed E-state index contributed by atoms with van der Waals surface area (Å²) < 4.78 is 1.81. The smallest absolute Gasteiger partial charge is 0.224 e. The Kier molecular flexibility index (Phi) is 8.13. The first-order chi connectivity index (χ1) is 14.8. The zero-order valence-electron chi connectivity index (χ0n) is 18.6. The molecule has 2 aromatic rings. The van der Waals surface area contributed by atoms with Crippen molar-refractivity contribution in [3.63, 3.8) is 0 Å². The minimum Gasteiger partial charge on any atom is -0.370 e. The van der Waals surface area contributed by atoms with Gasteiger partial charge >= 0.3 is 0 Å². The van der Waals surface area contributed by atoms with E-state index in [-0.39, 0.29) is 17.6 Å². The molecule has 31 heavy (non-hydrogen) atoms. The highest BCUT2D eigenvalue weighted by atomic mass is 16.1. The van der Waals surface area contributed by atoms with Crippen LogP contribution in [-0.4, -0.2) is 35.6 Å². The number of amides is 1. The second-order valence-electron chi connectivity index (χ2n) is 7.22. The number of benzene rings is 1. The Hall–Kier alpha value is -3.42. The molecule has 0 aliphatic heterocycles. The number of ketones is 1. The van der Waals surface area contributed by atoms with Gasteiger partial charge < -0.3 is 20.9 Å². The van der Waals surface area contributed by atoms with Gasteiger partial charge in [0.05, 0.1) is 5.69 Å². The Morgan fingerprint density at radius 3 is 2.52 bits per heavy atom. The predicted octanol–water partition coefficient (Wildman–Crippen LogP) is 2.82. The first-order valence-electron chi connectivity index (χ1n) is 10.5. The van der Waals surface area contributed by atoms with Gasteiger partial charge in [0.1, 0.15) is 5.54 Å². The number of anilines is 1. The normalized spacial score (nSPS) is 13.4. The molecule has 4 N–H and O–H groups in total. The van der Waals surface area contributed by atoms with Crippen LogP contribution in [0.3, 0.4) is 0 Å². The number of hydrogen-bond donors (Lipinski definition) is 3. The van der Waals surface area contributed by atoms with Gasteiger partial charge in [0.15, 0.2) is 18.0 Å². The van der Waals surface area contributed by atoms with E-state index < -0.39 is 5.54 Å². The van der Waals surface area contributed by atoms with E-state index in [1.807, 2.05) is 18.4 Å². The minimum atomic E-state index is -1.39. The van der Waals surface area contributed by atoms with Crippen LogP contribution in [0.1, 0.15) is 61.6 Å². The lowest BCUT2D eigenvalue weighted by atomic mass is 9.85. The number of rotatable bonds is 10. The molecule has 0 radical (unpaired) electrons. The van der Waals surface area contributed by atoms with E-state index in [4.69, 9.17) is 5.73 Å². The molecular weight excluding hydrogens is 394 g/mol. The van der Waals surface area contributed by atoms with Gasteiger partial charge in [-0.2, -0.15) is 0 Å². The zero-order valence-corrected chi connectivity index (χ0v) is 18.6. The second kappa shape index (κ2) is 10.6. The summed E-state index contributed by atoms with van der Waals surface area (Å²) in [5, 5.41) is 5.86. The molecule has 0 saturated heterocycles. The fourth-order valence-electron chi connectivity index (χ4n) is 3.43. The Morgan fingerprint density at radius 2 is 1.94 bits per heavy atom. The van der Waals surface area contributed by atoms with Gasteiger partial charge in [-0.15, -0.1) is 0 Å². The maximum Gasteiger partial charge on any atom is 0.224 e. The quantitative estimate of drug-likeness (QED) is 0.234. The SMILES string of the molecule is CCCC(=O)Nc1cccc(C(C=O)(NC(N)=NC)c2cc(C(=O)CC)n(CC)c2)c1. The molecule has 0 bridgehead atoms. The number of hydrogen-bond acceptors (Lipinski definition) is 4. The largest absolute Gasteiger partial charge is 0.370 e. The van der Waals surface area contributed by atoms with Crippen LogP contribution in [0.4, 0.5) is 5.69 Å². The van der Waals surface area contributed by atoms with E-state index >= 15 is 0 Å². The Balaban J connectivity index is 2.66. The highest BCUT2D eigenvalue weighted by Gasteiger charge is 2.37. The molecule has 1 aromatic heterocycles. The second-order valence-corrected chi connectivity index (χ2v) is 7.22. The van der Waals surface area contributed by atoms with Gasteiger partial charge in [0.2, 0.25) is 5.91 Å². The number of nitrogens with two attached hydrogens (primary N) is 1. The molecule has 0 spiro atoms. The summed E-state index contributed by atoms with van der Waals surface area (Å²) in [5.41, 5.74) is 6.79. The highest BCUT2D eigenvalue weighted by molar-refractivity contribution is 5.96. The maximum absolute atomic E-state index is 12.6. The summed E-state index contributed by atoms with van der Waals surface area (Å²) >= 11 is 0. The number of carbonyl (C=O) groups is 3. The van der Waals surface area contributed by atoms with Crippen molar-refractivity contribution in [3.8, 4) is 0 Å². The van der Waals surface area contributed by atoms with Gasteiger partial charge in [-0.05, 0) is 37.1 Å². The number of nitrogens with one attached hydrogen (secondary N) is 2. The van der Waals surface area contributed by atoms with Crippen LogP contribution in [0.2, 0.25) is 0 Å². The molecule has 0 aliphatic carbocycles. The molecule has 1 aromatic carbocycles. The summed E-state index contributed by atoms with van der Waals surface area (Å²) in [4.78, 5) is 41.1. The first kappa shape index (κ1) is 23.9. The number of nitrogens with zero attached hydrogens (tertiary/aromatic N) is 2. The molecule has 1 unspecified atom stereocenters. The topological polar surface area (TPSA) is 119 Å². The van der Waals surface area contributed by atoms with E-state index in [0.717, 1.165) is 12.7 Å². The van der Waals surface area contributed by atoms with Gasteiger partial charge in [-0.1, -0.05) is 26.0 Å². The van der Waals surface area contributed by atoms with Crippen LogP contribution in [0.5, 0.6) is 0 Å². The van der Waals surface area contributed by atoms with Crippen LogP contribution in [-0.2, 0) is 21.7 Å². The summed E-state index contributed by atoms with van der Waals surface area (Å²) in [6, 6.07) is 8.72. The van der Waals surface area contributed by atoms with Gasteiger partial charge in [0.25, 0.3) is 0 Å². The van der Waals surface area contributed by atoms with Crippen LogP contribution in [0, 0.1) is 0 Å². The average Bonchev–Trinajstić information content (AvgIpc) is 3.22. The number of Topliss-reactive ketones (excluding diaryl/α,β-unsaturated/α-hetero) is 1. The van der Waals surface area contributed by atoms with E-state index in [1.54, 1.807) is 43.5 Å². The van der Waals surface area contributed by atoms with Crippen molar-refractivity contribution in [1.82, 2.24) is 9.88 Å². The molecule has 166 valence electrons. The van der Waals surface area contributed by atoms with Crippen molar-refractivity contribution >= 4 is 29.6 Å². The first-order valence-corrected chi connectivity index (χ1v) is 10.5. The molecule has 0 aliphatic rings. The number of guanidine groups is 1. The summed E-state index contributed by atoms with van der Waals surface area (Å²) in [6.07, 6.45) is 4.00. The van der Waals surface area contributed by atoms with Crippen LogP contribution >= 0.6 is 0 Å². The monoisotopic (exact) mass is 425 g/mol. The van der Waals surface area contributed by atoms with Crippen molar-refractivity contribution in [1.29, 1.82) is 0 Å². The Bertz CT molecular complexity index is 979. The zero-order chi connectivity index (χ0) is 23.0. The summed E-state index contributed by atoms with van der Waals surface area (Å²) in [5.74, 6) is -0.0577. The molecule has 1 amide bonds. The lowest BCUT2D eigenvalue weighted by molar-refractivity contribution is -0.116. The maximum atomic E-state index is 12.6. The third kappa shape index (κ3) is 5.20. The Labute approximate surface area is 182 Å². The molecule has 0 saturated carbocycles. The molecule has 1 heterocycles. The predicted molar refractivity (Wildman–Crippen MR) is 122 cm³/mol. The molecule has 8 heteroatoms. The van der Waals surface area contributed by atoms with Crippen LogP contribution < -0.4 is 16.4 Å². The number of aliphatic imine (C=N–C) groups is 1. The van der Waals surface area contributed by atoms with Crippen molar-refractivity contribution in [2.75, 3.05) is 12.4 Å². The summed E-state index contributed by atoms with van der Waals surface area (Å²) in [6.45, 7) is 6.22. The van der Waals surface area contributed by atoms with Gasteiger partial charge in [-0.25, -0.2) is 0 Å². The third-order valence-electron chi connectivity index (χ3n) is 5.12. The lowest BCUT2D eigenvalue weighted by Crippen LogP contribution is -2.51. The number of aromatic nitrogens is 1. The minimum absolute atomic E-state index is 0.0226. The van der Waals surface area contributed by atoms with Crippen molar-refractivity contribution < 1.29 is 14.4 Å².